The fourth-order valence-electron chi connectivity index (χ4n) is 1.46. The van der Waals surface area contributed by atoms with Crippen LogP contribution < -0.4 is 11.5 Å². The minimum atomic E-state index is -3.54. The second-order valence-corrected chi connectivity index (χ2v) is 6.15. The van der Waals surface area contributed by atoms with Gasteiger partial charge in [-0.15, -0.1) is 0 Å². The van der Waals surface area contributed by atoms with Crippen molar-refractivity contribution in [3.05, 3.63) is 35.4 Å². The first kappa shape index (κ1) is 13.7. The molecule has 0 fully saturated rings. The smallest absolute Gasteiger partial charge is 0.232 e. The zero-order chi connectivity index (χ0) is 13.1. The molecule has 0 aliphatic rings. The summed E-state index contributed by atoms with van der Waals surface area (Å²) in [6, 6.07) is 6.63. The fourth-order valence-corrected chi connectivity index (χ4v) is 2.75. The van der Waals surface area contributed by atoms with Crippen molar-refractivity contribution in [3.63, 3.8) is 0 Å². The Labute approximate surface area is 101 Å². The van der Waals surface area contributed by atoms with E-state index in [1.54, 1.807) is 12.1 Å². The van der Waals surface area contributed by atoms with Crippen LogP contribution in [0.3, 0.4) is 0 Å². The number of aryl methyl sites for hydroxylation is 1. The van der Waals surface area contributed by atoms with Crippen LogP contribution >= 0.6 is 0 Å². The normalized spacial score (nSPS) is 13.3. The van der Waals surface area contributed by atoms with E-state index in [2.05, 4.69) is 0 Å². The molecule has 1 rings (SSSR count). The van der Waals surface area contributed by atoms with Crippen molar-refractivity contribution in [1.82, 2.24) is 0 Å². The molecule has 0 aliphatic carbocycles. The minimum Gasteiger partial charge on any atom is -0.369 e. The number of hydrogen-bond donors (Lipinski definition) is 2. The summed E-state index contributed by atoms with van der Waals surface area (Å²) in [7, 11) is -3.54. The lowest BCUT2D eigenvalue weighted by Gasteiger charge is -2.12. The van der Waals surface area contributed by atoms with Crippen molar-refractivity contribution in [2.75, 3.05) is 11.5 Å². The van der Waals surface area contributed by atoms with Crippen molar-refractivity contribution in [1.29, 1.82) is 0 Å². The molecule has 6 heteroatoms. The van der Waals surface area contributed by atoms with Gasteiger partial charge in [0.1, 0.15) is 5.75 Å². The van der Waals surface area contributed by atoms with Gasteiger partial charge in [0.2, 0.25) is 5.91 Å². The lowest BCUT2D eigenvalue weighted by molar-refractivity contribution is -0.115. The summed E-state index contributed by atoms with van der Waals surface area (Å²) in [4.78, 5) is 10.6. The van der Waals surface area contributed by atoms with Gasteiger partial charge < -0.3 is 11.5 Å². The highest BCUT2D eigenvalue weighted by Crippen LogP contribution is 2.13. The van der Waals surface area contributed by atoms with Gasteiger partial charge in [0.15, 0.2) is 9.84 Å². The number of primary amides is 1. The second-order valence-electron chi connectivity index (χ2n) is 4.04. The molecule has 0 bridgehead atoms. The average Bonchev–Trinajstić information content (AvgIpc) is 2.15. The standard InChI is InChI=1S/C11H16N2O3S/c1-8-2-4-9(5-3-8)10(12)6-17(15,16)7-11(13)14/h2-5,10H,6-7,12H2,1H3,(H2,13,14). The molecule has 0 heterocycles. The Bertz CT molecular complexity index is 494. The summed E-state index contributed by atoms with van der Waals surface area (Å²) in [6.07, 6.45) is 0. The van der Waals surface area contributed by atoms with Gasteiger partial charge in [-0.3, -0.25) is 4.79 Å². The Morgan fingerprint density at radius 2 is 1.82 bits per heavy atom. The quantitative estimate of drug-likeness (QED) is 0.767. The number of carbonyl (C=O) groups excluding carboxylic acids is 1. The summed E-state index contributed by atoms with van der Waals surface area (Å²) < 4.78 is 23.0. The molecule has 1 amide bonds. The van der Waals surface area contributed by atoms with Crippen molar-refractivity contribution < 1.29 is 13.2 Å². The van der Waals surface area contributed by atoms with E-state index in [1.165, 1.54) is 0 Å². The number of amides is 1. The number of hydrogen-bond acceptors (Lipinski definition) is 4. The maximum absolute atomic E-state index is 11.5. The van der Waals surface area contributed by atoms with Gasteiger partial charge >= 0.3 is 0 Å². The SMILES string of the molecule is Cc1ccc(C(N)CS(=O)(=O)CC(N)=O)cc1. The molecular formula is C11H16N2O3S. The lowest BCUT2D eigenvalue weighted by atomic mass is 10.1. The van der Waals surface area contributed by atoms with Crippen LogP contribution in [-0.2, 0) is 14.6 Å². The molecule has 1 aromatic carbocycles. The molecule has 0 aromatic heterocycles. The summed E-state index contributed by atoms with van der Waals surface area (Å²) in [5.41, 5.74) is 12.4. The average molecular weight is 256 g/mol. The van der Waals surface area contributed by atoms with Crippen molar-refractivity contribution in [2.24, 2.45) is 11.5 Å². The Morgan fingerprint density at radius 1 is 1.29 bits per heavy atom. The van der Waals surface area contributed by atoms with Crippen LogP contribution in [0.4, 0.5) is 0 Å². The lowest BCUT2D eigenvalue weighted by Crippen LogP contribution is -2.29. The Hall–Kier alpha value is -1.40. The van der Waals surface area contributed by atoms with Gasteiger partial charge in [0, 0.05) is 6.04 Å². The zero-order valence-corrected chi connectivity index (χ0v) is 10.4. The monoisotopic (exact) mass is 256 g/mol. The van der Waals surface area contributed by atoms with Crippen LogP contribution in [0.2, 0.25) is 0 Å². The van der Waals surface area contributed by atoms with E-state index in [-0.39, 0.29) is 5.75 Å². The summed E-state index contributed by atoms with van der Waals surface area (Å²) >= 11 is 0. The Balaban J connectivity index is 2.75. The van der Waals surface area contributed by atoms with Gasteiger partial charge in [-0.25, -0.2) is 8.42 Å². The third-order valence-corrected chi connectivity index (χ3v) is 3.89. The highest BCUT2D eigenvalue weighted by Gasteiger charge is 2.19. The molecular weight excluding hydrogens is 240 g/mol. The molecule has 0 saturated heterocycles. The van der Waals surface area contributed by atoms with Crippen LogP contribution in [0.1, 0.15) is 17.2 Å². The summed E-state index contributed by atoms with van der Waals surface area (Å²) in [5, 5.41) is 0. The number of carbonyl (C=O) groups is 1. The largest absolute Gasteiger partial charge is 0.369 e. The molecule has 17 heavy (non-hydrogen) atoms. The summed E-state index contributed by atoms with van der Waals surface area (Å²) in [6.45, 7) is 1.93. The number of rotatable bonds is 5. The first-order valence-corrected chi connectivity index (χ1v) is 6.93. The van der Waals surface area contributed by atoms with Crippen LogP contribution in [0.5, 0.6) is 0 Å². The second kappa shape index (κ2) is 5.29. The molecule has 5 nitrogen and oxygen atoms in total. The van der Waals surface area contributed by atoms with E-state index in [9.17, 15) is 13.2 Å². The van der Waals surface area contributed by atoms with E-state index in [0.29, 0.717) is 0 Å². The third kappa shape index (κ3) is 4.54. The van der Waals surface area contributed by atoms with E-state index in [0.717, 1.165) is 11.1 Å². The van der Waals surface area contributed by atoms with E-state index < -0.39 is 27.5 Å². The van der Waals surface area contributed by atoms with E-state index >= 15 is 0 Å². The van der Waals surface area contributed by atoms with Crippen molar-refractivity contribution in [3.8, 4) is 0 Å². The van der Waals surface area contributed by atoms with Crippen molar-refractivity contribution >= 4 is 15.7 Å². The molecule has 94 valence electrons. The fraction of sp³-hybridized carbons (Fsp3) is 0.364. The molecule has 1 aromatic rings. The van der Waals surface area contributed by atoms with Crippen LogP contribution in [0.25, 0.3) is 0 Å². The van der Waals surface area contributed by atoms with Crippen molar-refractivity contribution in [2.45, 2.75) is 13.0 Å². The highest BCUT2D eigenvalue weighted by molar-refractivity contribution is 7.92. The van der Waals surface area contributed by atoms with Gasteiger partial charge in [-0.1, -0.05) is 29.8 Å². The maximum Gasteiger partial charge on any atom is 0.232 e. The Morgan fingerprint density at radius 3 is 2.29 bits per heavy atom. The van der Waals surface area contributed by atoms with Crippen LogP contribution in [0, 0.1) is 6.92 Å². The Kier molecular flexibility index (Phi) is 4.25. The maximum atomic E-state index is 11.5. The van der Waals surface area contributed by atoms with Gasteiger partial charge in [0.05, 0.1) is 5.75 Å². The third-order valence-electron chi connectivity index (χ3n) is 2.30. The van der Waals surface area contributed by atoms with Gasteiger partial charge in [-0.05, 0) is 12.5 Å². The van der Waals surface area contributed by atoms with E-state index in [1.807, 2.05) is 19.1 Å². The first-order chi connectivity index (χ1) is 7.80. The van der Waals surface area contributed by atoms with Crippen LogP contribution in [0.15, 0.2) is 24.3 Å². The molecule has 0 radical (unpaired) electrons. The van der Waals surface area contributed by atoms with Crippen LogP contribution in [-0.4, -0.2) is 25.8 Å². The number of sulfone groups is 1. The zero-order valence-electron chi connectivity index (χ0n) is 9.59. The van der Waals surface area contributed by atoms with Gasteiger partial charge in [0.25, 0.3) is 0 Å². The van der Waals surface area contributed by atoms with Gasteiger partial charge in [-0.2, -0.15) is 0 Å². The summed E-state index contributed by atoms with van der Waals surface area (Å²) in [5.74, 6) is -1.80. The number of benzene rings is 1. The predicted molar refractivity (Wildman–Crippen MR) is 66.0 cm³/mol. The molecule has 1 atom stereocenters. The molecule has 4 N–H and O–H groups in total. The number of nitrogens with two attached hydrogens (primary N) is 2. The molecule has 0 aliphatic heterocycles. The molecule has 1 unspecified atom stereocenters. The highest BCUT2D eigenvalue weighted by atomic mass is 32.2. The molecule has 0 spiro atoms. The minimum absolute atomic E-state index is 0.279. The predicted octanol–water partition coefficient (Wildman–Crippen LogP) is -0.105. The molecule has 0 saturated carbocycles. The first-order valence-electron chi connectivity index (χ1n) is 5.11. The topological polar surface area (TPSA) is 103 Å². The van der Waals surface area contributed by atoms with E-state index in [4.69, 9.17) is 11.5 Å².